The van der Waals surface area contributed by atoms with E-state index in [9.17, 15) is 9.59 Å². The Morgan fingerprint density at radius 2 is 2.41 bits per heavy atom. The summed E-state index contributed by atoms with van der Waals surface area (Å²) in [6.45, 7) is 3.71. The number of nitrogens with zero attached hydrogens (tertiary/aromatic N) is 1. The number of carbonyl (C=O) groups excluding carboxylic acids is 2. The van der Waals surface area contributed by atoms with Crippen molar-refractivity contribution < 1.29 is 14.3 Å². The van der Waals surface area contributed by atoms with Gasteiger partial charge in [0.25, 0.3) is 0 Å². The van der Waals surface area contributed by atoms with Crippen LogP contribution < -0.4 is 5.32 Å². The van der Waals surface area contributed by atoms with Gasteiger partial charge >= 0.3 is 5.97 Å². The van der Waals surface area contributed by atoms with Gasteiger partial charge in [-0.3, -0.25) is 14.5 Å². The fourth-order valence-corrected chi connectivity index (χ4v) is 2.97. The molecule has 2 aliphatic rings. The zero-order valence-electron chi connectivity index (χ0n) is 10.4. The van der Waals surface area contributed by atoms with Gasteiger partial charge in [0.1, 0.15) is 0 Å². The Morgan fingerprint density at radius 3 is 3.12 bits per heavy atom. The van der Waals surface area contributed by atoms with E-state index in [-0.39, 0.29) is 29.9 Å². The van der Waals surface area contributed by atoms with Crippen LogP contribution in [0, 0.1) is 5.92 Å². The van der Waals surface area contributed by atoms with Gasteiger partial charge in [0.2, 0.25) is 5.91 Å². The first kappa shape index (κ1) is 12.4. The number of fused-ring (bicyclic) bond motifs is 1. The van der Waals surface area contributed by atoms with Gasteiger partial charge in [0.15, 0.2) is 0 Å². The molecule has 2 heterocycles. The first-order valence-electron chi connectivity index (χ1n) is 6.23. The second-order valence-corrected chi connectivity index (χ2v) is 4.93. The average molecular weight is 240 g/mol. The summed E-state index contributed by atoms with van der Waals surface area (Å²) in [7, 11) is 1.41. The standard InChI is InChI=1S/C12H20N2O3/c1-8(6-11(15)17-2)14-5-3-4-9-10(14)7-13-12(9)16/h8-10H,3-7H2,1-2H3,(H,13,16). The van der Waals surface area contributed by atoms with Crippen molar-refractivity contribution in [1.82, 2.24) is 10.2 Å². The minimum Gasteiger partial charge on any atom is -0.469 e. The van der Waals surface area contributed by atoms with Crippen LogP contribution in [0.2, 0.25) is 0 Å². The van der Waals surface area contributed by atoms with Crippen LogP contribution in [-0.2, 0) is 14.3 Å². The maximum Gasteiger partial charge on any atom is 0.307 e. The predicted molar refractivity (Wildman–Crippen MR) is 62.3 cm³/mol. The quantitative estimate of drug-likeness (QED) is 0.713. The highest BCUT2D eigenvalue weighted by atomic mass is 16.5. The second-order valence-electron chi connectivity index (χ2n) is 4.93. The Balaban J connectivity index is 2.00. The van der Waals surface area contributed by atoms with Crippen LogP contribution in [0.15, 0.2) is 0 Å². The van der Waals surface area contributed by atoms with E-state index in [1.54, 1.807) is 0 Å². The lowest BCUT2D eigenvalue weighted by Crippen LogP contribution is -2.50. The molecular weight excluding hydrogens is 220 g/mol. The van der Waals surface area contributed by atoms with Crippen molar-refractivity contribution in [3.05, 3.63) is 0 Å². The maximum absolute atomic E-state index is 11.6. The van der Waals surface area contributed by atoms with Crippen molar-refractivity contribution >= 4 is 11.9 Å². The number of rotatable bonds is 3. The summed E-state index contributed by atoms with van der Waals surface area (Å²) < 4.78 is 4.70. The molecule has 0 radical (unpaired) electrons. The third kappa shape index (κ3) is 2.44. The molecule has 0 bridgehead atoms. The van der Waals surface area contributed by atoms with Gasteiger partial charge in [-0.25, -0.2) is 0 Å². The van der Waals surface area contributed by atoms with Gasteiger partial charge in [-0.2, -0.15) is 0 Å². The lowest BCUT2D eigenvalue weighted by molar-refractivity contribution is -0.142. The first-order valence-corrected chi connectivity index (χ1v) is 6.23. The van der Waals surface area contributed by atoms with E-state index in [1.165, 1.54) is 7.11 Å². The third-order valence-electron chi connectivity index (χ3n) is 3.90. The smallest absolute Gasteiger partial charge is 0.307 e. The maximum atomic E-state index is 11.6. The van der Waals surface area contributed by atoms with Crippen LogP contribution in [-0.4, -0.2) is 49.1 Å². The minimum atomic E-state index is -0.183. The molecule has 2 fully saturated rings. The summed E-state index contributed by atoms with van der Waals surface area (Å²) >= 11 is 0. The molecule has 3 unspecified atom stereocenters. The van der Waals surface area contributed by atoms with Crippen LogP contribution in [0.3, 0.4) is 0 Å². The highest BCUT2D eigenvalue weighted by Crippen LogP contribution is 2.29. The van der Waals surface area contributed by atoms with Crippen molar-refractivity contribution in [3.63, 3.8) is 0 Å². The molecule has 1 N–H and O–H groups in total. The highest BCUT2D eigenvalue weighted by Gasteiger charge is 2.42. The summed E-state index contributed by atoms with van der Waals surface area (Å²) in [5.41, 5.74) is 0. The number of esters is 1. The number of amides is 1. The fourth-order valence-electron chi connectivity index (χ4n) is 2.97. The molecule has 0 aliphatic carbocycles. The van der Waals surface area contributed by atoms with Crippen molar-refractivity contribution in [3.8, 4) is 0 Å². The van der Waals surface area contributed by atoms with E-state index in [1.807, 2.05) is 6.92 Å². The van der Waals surface area contributed by atoms with Crippen LogP contribution in [0.4, 0.5) is 0 Å². The number of methoxy groups -OCH3 is 1. The molecule has 17 heavy (non-hydrogen) atoms. The Hall–Kier alpha value is -1.10. The van der Waals surface area contributed by atoms with E-state index < -0.39 is 0 Å². The van der Waals surface area contributed by atoms with Crippen LogP contribution in [0.1, 0.15) is 26.2 Å². The van der Waals surface area contributed by atoms with Crippen molar-refractivity contribution in [2.24, 2.45) is 5.92 Å². The molecular formula is C12H20N2O3. The number of piperidine rings is 1. The van der Waals surface area contributed by atoms with Crippen molar-refractivity contribution in [2.45, 2.75) is 38.3 Å². The van der Waals surface area contributed by atoms with Gasteiger partial charge in [-0.05, 0) is 26.3 Å². The number of hydrogen-bond donors (Lipinski definition) is 1. The molecule has 5 nitrogen and oxygen atoms in total. The second kappa shape index (κ2) is 5.04. The van der Waals surface area contributed by atoms with Gasteiger partial charge in [0.05, 0.1) is 19.4 Å². The summed E-state index contributed by atoms with van der Waals surface area (Å²) in [4.78, 5) is 25.2. The molecule has 3 atom stereocenters. The van der Waals surface area contributed by atoms with Crippen LogP contribution >= 0.6 is 0 Å². The third-order valence-corrected chi connectivity index (χ3v) is 3.90. The Labute approximate surface area is 101 Å². The van der Waals surface area contributed by atoms with E-state index >= 15 is 0 Å². The number of carbonyl (C=O) groups is 2. The molecule has 0 aromatic heterocycles. The molecule has 0 aromatic rings. The molecule has 5 heteroatoms. The van der Waals surface area contributed by atoms with Crippen molar-refractivity contribution in [2.75, 3.05) is 20.2 Å². The number of hydrogen-bond acceptors (Lipinski definition) is 4. The SMILES string of the molecule is COC(=O)CC(C)N1CCCC2C(=O)NCC21. The number of nitrogens with one attached hydrogen (secondary N) is 1. The number of likely N-dealkylation sites (tertiary alicyclic amines) is 1. The highest BCUT2D eigenvalue weighted by molar-refractivity contribution is 5.82. The van der Waals surface area contributed by atoms with Gasteiger partial charge in [0, 0.05) is 18.6 Å². The van der Waals surface area contributed by atoms with Crippen LogP contribution in [0.5, 0.6) is 0 Å². The molecule has 96 valence electrons. The summed E-state index contributed by atoms with van der Waals surface area (Å²) in [6.07, 6.45) is 2.39. The van der Waals surface area contributed by atoms with E-state index in [0.29, 0.717) is 6.42 Å². The Kier molecular flexibility index (Phi) is 3.66. The molecule has 2 saturated heterocycles. The average Bonchev–Trinajstić information content (AvgIpc) is 2.71. The van der Waals surface area contributed by atoms with Gasteiger partial charge in [-0.1, -0.05) is 0 Å². The summed E-state index contributed by atoms with van der Waals surface area (Å²) in [5.74, 6) is 0.103. The molecule has 0 spiro atoms. The summed E-state index contributed by atoms with van der Waals surface area (Å²) in [5, 5.41) is 2.92. The van der Waals surface area contributed by atoms with Gasteiger partial charge < -0.3 is 10.1 Å². The zero-order valence-corrected chi connectivity index (χ0v) is 10.4. The molecule has 2 aliphatic heterocycles. The first-order chi connectivity index (χ1) is 8.13. The predicted octanol–water partition coefficient (Wildman–Crippen LogP) is 0.148. The molecule has 1 amide bonds. The Bertz CT molecular complexity index is 319. The topological polar surface area (TPSA) is 58.6 Å². The normalized spacial score (nSPS) is 30.6. The van der Waals surface area contributed by atoms with Crippen LogP contribution in [0.25, 0.3) is 0 Å². The largest absolute Gasteiger partial charge is 0.469 e. The van der Waals surface area contributed by atoms with E-state index in [4.69, 9.17) is 4.74 Å². The minimum absolute atomic E-state index is 0.115. The lowest BCUT2D eigenvalue weighted by atomic mass is 9.90. The Morgan fingerprint density at radius 1 is 1.65 bits per heavy atom. The van der Waals surface area contributed by atoms with E-state index in [2.05, 4.69) is 10.2 Å². The van der Waals surface area contributed by atoms with Gasteiger partial charge in [-0.15, -0.1) is 0 Å². The number of ether oxygens (including phenoxy) is 1. The summed E-state index contributed by atoms with van der Waals surface area (Å²) in [6, 6.07) is 0.402. The zero-order chi connectivity index (χ0) is 12.4. The lowest BCUT2D eigenvalue weighted by Gasteiger charge is -2.39. The fraction of sp³-hybridized carbons (Fsp3) is 0.833. The van der Waals surface area contributed by atoms with Crippen molar-refractivity contribution in [1.29, 1.82) is 0 Å². The molecule has 0 aromatic carbocycles. The molecule has 2 rings (SSSR count). The molecule has 0 saturated carbocycles. The van der Waals surface area contributed by atoms with E-state index in [0.717, 1.165) is 25.9 Å². The monoisotopic (exact) mass is 240 g/mol.